The van der Waals surface area contributed by atoms with E-state index in [1.165, 1.54) is 37.8 Å². The normalized spacial score (nSPS) is 15.8. The first-order valence-electron chi connectivity index (χ1n) is 6.34. The molecule has 1 saturated carbocycles. The highest BCUT2D eigenvalue weighted by Crippen LogP contribution is 2.29. The van der Waals surface area contributed by atoms with Crippen LogP contribution in [0.25, 0.3) is 0 Å². The van der Waals surface area contributed by atoms with Crippen molar-refractivity contribution in [3.05, 3.63) is 33.3 Å². The van der Waals surface area contributed by atoms with Gasteiger partial charge in [-0.05, 0) is 18.4 Å². The van der Waals surface area contributed by atoms with Crippen LogP contribution in [-0.2, 0) is 0 Å². The highest BCUT2D eigenvalue weighted by Gasteiger charge is 2.14. The molecule has 0 amide bonds. The van der Waals surface area contributed by atoms with E-state index in [0.717, 1.165) is 24.6 Å². The van der Waals surface area contributed by atoms with Crippen LogP contribution in [0.2, 0.25) is 5.02 Å². The molecule has 0 bridgehead atoms. The molecule has 1 fully saturated rings. The van der Waals surface area contributed by atoms with Gasteiger partial charge in [0, 0.05) is 18.7 Å². The fraction of sp³-hybridized carbons (Fsp3) is 0.538. The maximum atomic E-state index is 10.6. The van der Waals surface area contributed by atoms with Crippen LogP contribution in [0.5, 0.6) is 0 Å². The Bertz CT molecular complexity index is 431. The molecular weight excluding hydrogens is 252 g/mol. The summed E-state index contributed by atoms with van der Waals surface area (Å²) in [5.41, 5.74) is 0.807. The number of hydrogen-bond donors (Lipinski definition) is 1. The predicted octanol–water partition coefficient (Wildman–Crippen LogP) is 4.24. The van der Waals surface area contributed by atoms with Crippen LogP contribution in [0.4, 0.5) is 11.4 Å². The molecule has 4 nitrogen and oxygen atoms in total. The number of nitrogens with zero attached hydrogens (tertiary/aromatic N) is 1. The largest absolute Gasteiger partial charge is 0.384 e. The first-order valence-corrected chi connectivity index (χ1v) is 6.72. The van der Waals surface area contributed by atoms with Crippen LogP contribution < -0.4 is 5.32 Å². The summed E-state index contributed by atoms with van der Waals surface area (Å²) in [5.74, 6) is 0.828. The molecule has 0 saturated heterocycles. The van der Waals surface area contributed by atoms with E-state index < -0.39 is 4.92 Å². The van der Waals surface area contributed by atoms with E-state index in [2.05, 4.69) is 5.32 Å². The molecule has 2 rings (SSSR count). The lowest BCUT2D eigenvalue weighted by Gasteiger charge is -2.11. The Labute approximate surface area is 111 Å². The molecule has 0 atom stereocenters. The lowest BCUT2D eigenvalue weighted by molar-refractivity contribution is -0.384. The van der Waals surface area contributed by atoms with Crippen molar-refractivity contribution in [2.75, 3.05) is 11.9 Å². The Morgan fingerprint density at radius 1 is 1.39 bits per heavy atom. The zero-order valence-electron chi connectivity index (χ0n) is 10.2. The van der Waals surface area contributed by atoms with Crippen molar-refractivity contribution in [3.8, 4) is 0 Å². The van der Waals surface area contributed by atoms with Gasteiger partial charge in [0.25, 0.3) is 5.69 Å². The number of hydrogen-bond acceptors (Lipinski definition) is 3. The van der Waals surface area contributed by atoms with E-state index in [0.29, 0.717) is 5.02 Å². The SMILES string of the molecule is O=[N+]([O-])c1ccc(NCCC2CCCC2)c(Cl)c1. The first-order chi connectivity index (χ1) is 8.66. The minimum absolute atomic E-state index is 0.0290. The summed E-state index contributed by atoms with van der Waals surface area (Å²) in [6.45, 7) is 0.877. The Hall–Kier alpha value is -1.29. The summed E-state index contributed by atoms with van der Waals surface area (Å²) in [6, 6.07) is 4.54. The third kappa shape index (κ3) is 3.35. The topological polar surface area (TPSA) is 55.2 Å². The maximum absolute atomic E-state index is 10.6. The summed E-state index contributed by atoms with van der Waals surface area (Å²) < 4.78 is 0. The van der Waals surface area contributed by atoms with Crippen molar-refractivity contribution in [2.45, 2.75) is 32.1 Å². The molecule has 0 aliphatic heterocycles. The van der Waals surface area contributed by atoms with E-state index in [1.54, 1.807) is 6.07 Å². The van der Waals surface area contributed by atoms with Gasteiger partial charge in [-0.15, -0.1) is 0 Å². The van der Waals surface area contributed by atoms with Crippen LogP contribution >= 0.6 is 11.6 Å². The average Bonchev–Trinajstić information content (AvgIpc) is 2.84. The number of rotatable bonds is 5. The van der Waals surface area contributed by atoms with Gasteiger partial charge in [0.05, 0.1) is 15.6 Å². The van der Waals surface area contributed by atoms with Crippen molar-refractivity contribution in [2.24, 2.45) is 5.92 Å². The second kappa shape index (κ2) is 6.05. The van der Waals surface area contributed by atoms with E-state index in [4.69, 9.17) is 11.6 Å². The van der Waals surface area contributed by atoms with Crippen molar-refractivity contribution in [3.63, 3.8) is 0 Å². The molecule has 0 heterocycles. The van der Waals surface area contributed by atoms with Crippen LogP contribution in [0.3, 0.4) is 0 Å². The van der Waals surface area contributed by atoms with E-state index >= 15 is 0 Å². The summed E-state index contributed by atoms with van der Waals surface area (Å²) in [4.78, 5) is 10.1. The Morgan fingerprint density at radius 3 is 2.72 bits per heavy atom. The van der Waals surface area contributed by atoms with E-state index in [1.807, 2.05) is 0 Å². The number of nitro groups is 1. The summed E-state index contributed by atoms with van der Waals surface area (Å²) >= 11 is 6.00. The molecule has 0 aromatic heterocycles. The minimum Gasteiger partial charge on any atom is -0.384 e. The van der Waals surface area contributed by atoms with Gasteiger partial charge in [-0.25, -0.2) is 0 Å². The zero-order valence-corrected chi connectivity index (χ0v) is 10.9. The van der Waals surface area contributed by atoms with Crippen LogP contribution in [-0.4, -0.2) is 11.5 Å². The minimum atomic E-state index is -0.436. The summed E-state index contributed by atoms with van der Waals surface area (Å²) in [6.07, 6.45) is 6.50. The van der Waals surface area contributed by atoms with Gasteiger partial charge in [0.2, 0.25) is 0 Å². The number of nitro benzene ring substituents is 1. The number of halogens is 1. The Morgan fingerprint density at radius 2 is 2.11 bits per heavy atom. The van der Waals surface area contributed by atoms with Gasteiger partial charge in [-0.2, -0.15) is 0 Å². The fourth-order valence-corrected chi connectivity index (χ4v) is 2.71. The molecule has 1 N–H and O–H groups in total. The molecular formula is C13H17ClN2O2. The predicted molar refractivity (Wildman–Crippen MR) is 73.2 cm³/mol. The van der Waals surface area contributed by atoms with Crippen molar-refractivity contribution >= 4 is 23.0 Å². The third-order valence-corrected chi connectivity index (χ3v) is 3.82. The van der Waals surface area contributed by atoms with E-state index in [-0.39, 0.29) is 5.69 Å². The third-order valence-electron chi connectivity index (χ3n) is 3.51. The van der Waals surface area contributed by atoms with Gasteiger partial charge >= 0.3 is 0 Å². The van der Waals surface area contributed by atoms with Gasteiger partial charge < -0.3 is 5.32 Å². The quantitative estimate of drug-likeness (QED) is 0.642. The Kier molecular flexibility index (Phi) is 4.42. The molecule has 0 radical (unpaired) electrons. The fourth-order valence-electron chi connectivity index (χ4n) is 2.47. The molecule has 18 heavy (non-hydrogen) atoms. The molecule has 0 unspecified atom stereocenters. The number of benzene rings is 1. The second-order valence-corrected chi connectivity index (χ2v) is 5.19. The number of nitrogens with one attached hydrogen (secondary N) is 1. The van der Waals surface area contributed by atoms with Gasteiger partial charge in [0.1, 0.15) is 0 Å². The molecule has 98 valence electrons. The van der Waals surface area contributed by atoms with Gasteiger partial charge in [-0.1, -0.05) is 37.3 Å². The Balaban J connectivity index is 1.87. The molecule has 1 aromatic carbocycles. The molecule has 5 heteroatoms. The van der Waals surface area contributed by atoms with Crippen molar-refractivity contribution in [1.29, 1.82) is 0 Å². The molecule has 1 aromatic rings. The molecule has 0 spiro atoms. The van der Waals surface area contributed by atoms with Crippen LogP contribution in [0, 0.1) is 16.0 Å². The summed E-state index contributed by atoms with van der Waals surface area (Å²) in [5, 5.41) is 14.2. The standard InChI is InChI=1S/C13H17ClN2O2/c14-12-9-11(16(17)18)5-6-13(12)15-8-7-10-3-1-2-4-10/h5-6,9-10,15H,1-4,7-8H2. The maximum Gasteiger partial charge on any atom is 0.271 e. The number of anilines is 1. The highest BCUT2D eigenvalue weighted by molar-refractivity contribution is 6.33. The van der Waals surface area contributed by atoms with Crippen LogP contribution in [0.15, 0.2) is 18.2 Å². The lowest BCUT2D eigenvalue weighted by atomic mass is 10.0. The van der Waals surface area contributed by atoms with Gasteiger partial charge in [-0.3, -0.25) is 10.1 Å². The van der Waals surface area contributed by atoms with Crippen LogP contribution in [0.1, 0.15) is 32.1 Å². The average molecular weight is 269 g/mol. The van der Waals surface area contributed by atoms with Gasteiger partial charge in [0.15, 0.2) is 0 Å². The monoisotopic (exact) mass is 268 g/mol. The molecule has 1 aliphatic carbocycles. The molecule has 1 aliphatic rings. The zero-order chi connectivity index (χ0) is 13.0. The first kappa shape index (κ1) is 13.1. The number of non-ortho nitro benzene ring substituents is 1. The summed E-state index contributed by atoms with van der Waals surface area (Å²) in [7, 11) is 0. The van der Waals surface area contributed by atoms with Crippen molar-refractivity contribution in [1.82, 2.24) is 0 Å². The smallest absolute Gasteiger partial charge is 0.271 e. The van der Waals surface area contributed by atoms with E-state index in [9.17, 15) is 10.1 Å². The second-order valence-electron chi connectivity index (χ2n) is 4.79. The van der Waals surface area contributed by atoms with Crippen molar-refractivity contribution < 1.29 is 4.92 Å². The lowest BCUT2D eigenvalue weighted by Crippen LogP contribution is -2.07. The highest BCUT2D eigenvalue weighted by atomic mass is 35.5.